The fourth-order valence-electron chi connectivity index (χ4n) is 3.00. The van der Waals surface area contributed by atoms with Crippen LogP contribution < -0.4 is 11.0 Å². The molecule has 1 atom stereocenters. The molecule has 2 aromatic heterocycles. The van der Waals surface area contributed by atoms with Gasteiger partial charge in [-0.15, -0.1) is 0 Å². The number of para-hydroxylation sites is 2. The van der Waals surface area contributed by atoms with Crippen LogP contribution in [0, 0.1) is 0 Å². The van der Waals surface area contributed by atoms with E-state index in [2.05, 4.69) is 10.3 Å². The van der Waals surface area contributed by atoms with Crippen LogP contribution in [-0.4, -0.2) is 20.0 Å². The maximum absolute atomic E-state index is 12.7. The van der Waals surface area contributed by atoms with Crippen molar-refractivity contribution in [2.45, 2.75) is 39.4 Å². The molecule has 1 amide bonds. The Morgan fingerprint density at radius 3 is 2.44 bits per heavy atom. The van der Waals surface area contributed by atoms with Crippen LogP contribution in [0.3, 0.4) is 0 Å². The van der Waals surface area contributed by atoms with E-state index in [4.69, 9.17) is 0 Å². The van der Waals surface area contributed by atoms with Crippen molar-refractivity contribution < 1.29 is 4.79 Å². The van der Waals surface area contributed by atoms with Gasteiger partial charge in [0.05, 0.1) is 22.8 Å². The van der Waals surface area contributed by atoms with Crippen molar-refractivity contribution in [2.75, 3.05) is 0 Å². The number of aromatic nitrogens is 3. The zero-order chi connectivity index (χ0) is 17.8. The number of hydrogen-bond donors (Lipinski definition) is 1. The third kappa shape index (κ3) is 3.47. The van der Waals surface area contributed by atoms with Crippen LogP contribution in [0.4, 0.5) is 0 Å². The standard InChI is InChI=1S/C19H22N4O2/c1-3-12-22-16-9-4-5-10-17(16)23(19(22)25)13-18(24)21-14(2)15-8-6-7-11-20-15/h4-11,14H,3,12-13H2,1-2H3,(H,21,24). The molecule has 0 aliphatic heterocycles. The van der Waals surface area contributed by atoms with Crippen LogP contribution in [-0.2, 0) is 17.9 Å². The first-order valence-electron chi connectivity index (χ1n) is 8.50. The summed E-state index contributed by atoms with van der Waals surface area (Å²) < 4.78 is 3.26. The second-order valence-corrected chi connectivity index (χ2v) is 6.05. The number of carbonyl (C=O) groups is 1. The van der Waals surface area contributed by atoms with Gasteiger partial charge in [0.1, 0.15) is 6.54 Å². The van der Waals surface area contributed by atoms with E-state index in [0.29, 0.717) is 6.54 Å². The number of benzene rings is 1. The zero-order valence-corrected chi connectivity index (χ0v) is 14.5. The monoisotopic (exact) mass is 338 g/mol. The second kappa shape index (κ2) is 7.34. The summed E-state index contributed by atoms with van der Waals surface area (Å²) in [5, 5.41) is 2.91. The molecule has 0 bridgehead atoms. The van der Waals surface area contributed by atoms with Crippen molar-refractivity contribution in [3.05, 3.63) is 64.8 Å². The van der Waals surface area contributed by atoms with Gasteiger partial charge in [-0.05, 0) is 37.6 Å². The van der Waals surface area contributed by atoms with Gasteiger partial charge in [-0.25, -0.2) is 4.79 Å². The number of amides is 1. The normalized spacial score (nSPS) is 12.2. The Bertz CT molecular complexity index is 927. The molecule has 6 nitrogen and oxygen atoms in total. The van der Waals surface area contributed by atoms with Crippen molar-refractivity contribution in [3.8, 4) is 0 Å². The Morgan fingerprint density at radius 2 is 1.80 bits per heavy atom. The van der Waals surface area contributed by atoms with Crippen LogP contribution >= 0.6 is 0 Å². The molecule has 0 fully saturated rings. The van der Waals surface area contributed by atoms with Gasteiger partial charge in [-0.2, -0.15) is 0 Å². The predicted octanol–water partition coefficient (Wildman–Crippen LogP) is 2.49. The van der Waals surface area contributed by atoms with Crippen LogP contribution in [0.2, 0.25) is 0 Å². The van der Waals surface area contributed by atoms with Gasteiger partial charge in [0.25, 0.3) is 0 Å². The van der Waals surface area contributed by atoms with Crippen molar-refractivity contribution in [1.82, 2.24) is 19.4 Å². The first kappa shape index (κ1) is 17.0. The molecule has 0 saturated carbocycles. The molecule has 0 saturated heterocycles. The highest BCUT2D eigenvalue weighted by Crippen LogP contribution is 2.13. The van der Waals surface area contributed by atoms with Crippen LogP contribution in [0.1, 0.15) is 32.0 Å². The van der Waals surface area contributed by atoms with E-state index < -0.39 is 0 Å². The number of fused-ring (bicyclic) bond motifs is 1. The molecular weight excluding hydrogens is 316 g/mol. The van der Waals surface area contributed by atoms with E-state index in [9.17, 15) is 9.59 Å². The van der Waals surface area contributed by atoms with Gasteiger partial charge in [-0.1, -0.05) is 25.1 Å². The highest BCUT2D eigenvalue weighted by atomic mass is 16.2. The quantitative estimate of drug-likeness (QED) is 0.751. The molecule has 1 N–H and O–H groups in total. The van der Waals surface area contributed by atoms with Crippen molar-refractivity contribution >= 4 is 16.9 Å². The van der Waals surface area contributed by atoms with E-state index in [1.165, 1.54) is 4.57 Å². The fraction of sp³-hybridized carbons (Fsp3) is 0.316. The maximum Gasteiger partial charge on any atom is 0.329 e. The number of hydrogen-bond acceptors (Lipinski definition) is 3. The fourth-order valence-corrected chi connectivity index (χ4v) is 3.00. The summed E-state index contributed by atoms with van der Waals surface area (Å²) in [6.07, 6.45) is 2.55. The average Bonchev–Trinajstić information content (AvgIpc) is 2.89. The Morgan fingerprint density at radius 1 is 1.12 bits per heavy atom. The third-order valence-corrected chi connectivity index (χ3v) is 4.18. The number of imidazole rings is 1. The van der Waals surface area contributed by atoms with Crippen molar-refractivity contribution in [3.63, 3.8) is 0 Å². The summed E-state index contributed by atoms with van der Waals surface area (Å²) in [6.45, 7) is 4.54. The number of pyridine rings is 1. The second-order valence-electron chi connectivity index (χ2n) is 6.05. The molecule has 25 heavy (non-hydrogen) atoms. The van der Waals surface area contributed by atoms with Crippen LogP contribution in [0.25, 0.3) is 11.0 Å². The summed E-state index contributed by atoms with van der Waals surface area (Å²) in [5.74, 6) is -0.209. The molecular formula is C19H22N4O2. The Labute approximate surface area is 146 Å². The molecule has 0 spiro atoms. The largest absolute Gasteiger partial charge is 0.346 e. The SMILES string of the molecule is CCCn1c(=O)n(CC(=O)NC(C)c2ccccn2)c2ccccc21. The van der Waals surface area contributed by atoms with E-state index in [0.717, 1.165) is 23.1 Å². The van der Waals surface area contributed by atoms with Gasteiger partial charge in [-0.3, -0.25) is 18.9 Å². The zero-order valence-electron chi connectivity index (χ0n) is 14.5. The lowest BCUT2D eigenvalue weighted by molar-refractivity contribution is -0.122. The van der Waals surface area contributed by atoms with E-state index in [1.54, 1.807) is 10.8 Å². The minimum absolute atomic E-state index is 0.00671. The lowest BCUT2D eigenvalue weighted by Gasteiger charge is -2.13. The molecule has 1 unspecified atom stereocenters. The van der Waals surface area contributed by atoms with E-state index in [1.807, 2.05) is 56.3 Å². The predicted molar refractivity (Wildman–Crippen MR) is 97.3 cm³/mol. The van der Waals surface area contributed by atoms with Gasteiger partial charge >= 0.3 is 5.69 Å². The molecule has 2 heterocycles. The third-order valence-electron chi connectivity index (χ3n) is 4.18. The first-order valence-corrected chi connectivity index (χ1v) is 8.50. The summed E-state index contributed by atoms with van der Waals surface area (Å²) >= 11 is 0. The van der Waals surface area contributed by atoms with Gasteiger partial charge < -0.3 is 5.32 Å². The molecule has 0 radical (unpaired) electrons. The molecule has 0 aliphatic rings. The van der Waals surface area contributed by atoms with Crippen molar-refractivity contribution in [1.29, 1.82) is 0 Å². The minimum Gasteiger partial charge on any atom is -0.346 e. The number of rotatable bonds is 6. The summed E-state index contributed by atoms with van der Waals surface area (Å²) in [4.78, 5) is 29.4. The maximum atomic E-state index is 12.7. The molecule has 0 aliphatic carbocycles. The van der Waals surface area contributed by atoms with Crippen LogP contribution in [0.5, 0.6) is 0 Å². The number of carbonyl (C=O) groups excluding carboxylic acids is 1. The summed E-state index contributed by atoms with van der Waals surface area (Å²) in [5.41, 5.74) is 2.28. The summed E-state index contributed by atoms with van der Waals surface area (Å²) in [6, 6.07) is 12.9. The highest BCUT2D eigenvalue weighted by Gasteiger charge is 2.16. The van der Waals surface area contributed by atoms with E-state index in [-0.39, 0.29) is 24.2 Å². The lowest BCUT2D eigenvalue weighted by Crippen LogP contribution is -2.34. The smallest absolute Gasteiger partial charge is 0.329 e. The Kier molecular flexibility index (Phi) is 4.97. The first-order chi connectivity index (χ1) is 12.1. The van der Waals surface area contributed by atoms with Crippen molar-refractivity contribution in [2.24, 2.45) is 0 Å². The molecule has 3 aromatic rings. The molecule has 130 valence electrons. The molecule has 3 rings (SSSR count). The molecule has 6 heteroatoms. The highest BCUT2D eigenvalue weighted by molar-refractivity contribution is 5.81. The Hall–Kier alpha value is -2.89. The van der Waals surface area contributed by atoms with Gasteiger partial charge in [0.2, 0.25) is 5.91 Å². The lowest BCUT2D eigenvalue weighted by atomic mass is 10.2. The average molecular weight is 338 g/mol. The topological polar surface area (TPSA) is 68.9 Å². The van der Waals surface area contributed by atoms with Crippen LogP contribution in [0.15, 0.2) is 53.5 Å². The Balaban J connectivity index is 1.84. The van der Waals surface area contributed by atoms with E-state index >= 15 is 0 Å². The number of nitrogens with one attached hydrogen (secondary N) is 1. The van der Waals surface area contributed by atoms with Gasteiger partial charge in [0.15, 0.2) is 0 Å². The number of nitrogens with zero attached hydrogens (tertiary/aromatic N) is 3. The molecule has 1 aromatic carbocycles. The summed E-state index contributed by atoms with van der Waals surface area (Å²) in [7, 11) is 0. The minimum atomic E-state index is -0.214. The number of aryl methyl sites for hydroxylation is 1. The van der Waals surface area contributed by atoms with Gasteiger partial charge in [0, 0.05) is 12.7 Å².